The number of halogens is 1. The number of hydrogen-bond donors (Lipinski definition) is 0. The van der Waals surface area contributed by atoms with Crippen molar-refractivity contribution in [3.05, 3.63) is 70.1 Å². The summed E-state index contributed by atoms with van der Waals surface area (Å²) >= 11 is 0. The van der Waals surface area contributed by atoms with Crippen molar-refractivity contribution in [1.29, 1.82) is 0 Å². The van der Waals surface area contributed by atoms with Crippen LogP contribution in [-0.4, -0.2) is 25.3 Å². The molecular formula is C20H17FN2O3. The lowest BCUT2D eigenvalue weighted by Gasteiger charge is -2.36. The molecular weight excluding hydrogens is 335 g/mol. The van der Waals surface area contributed by atoms with Gasteiger partial charge in [0, 0.05) is 25.2 Å². The van der Waals surface area contributed by atoms with Crippen molar-refractivity contribution in [3.8, 4) is 0 Å². The zero-order valence-corrected chi connectivity index (χ0v) is 14.2. The molecule has 0 saturated carbocycles. The quantitative estimate of drug-likeness (QED) is 0.669. The van der Waals surface area contributed by atoms with Crippen molar-refractivity contribution in [2.24, 2.45) is 5.92 Å². The third-order valence-corrected chi connectivity index (χ3v) is 5.22. The van der Waals surface area contributed by atoms with Crippen molar-refractivity contribution in [1.82, 2.24) is 5.06 Å². The minimum Gasteiger partial charge on any atom is -0.440 e. The van der Waals surface area contributed by atoms with Crippen molar-refractivity contribution >= 4 is 22.5 Å². The fourth-order valence-corrected chi connectivity index (χ4v) is 4.03. The van der Waals surface area contributed by atoms with Crippen molar-refractivity contribution < 1.29 is 13.6 Å². The first-order valence-corrected chi connectivity index (χ1v) is 8.58. The molecule has 1 fully saturated rings. The molecule has 5 rings (SSSR count). The molecule has 1 aromatic heterocycles. The Morgan fingerprint density at radius 3 is 2.77 bits per heavy atom. The lowest BCUT2D eigenvalue weighted by Crippen LogP contribution is -2.39. The Morgan fingerprint density at radius 1 is 1.15 bits per heavy atom. The Hall–Kier alpha value is -2.70. The van der Waals surface area contributed by atoms with E-state index in [1.807, 2.05) is 42.3 Å². The molecule has 3 aromatic rings. The van der Waals surface area contributed by atoms with Gasteiger partial charge in [0.15, 0.2) is 5.43 Å². The zero-order valence-electron chi connectivity index (χ0n) is 14.2. The summed E-state index contributed by atoms with van der Waals surface area (Å²) in [5.74, 6) is 0.188. The van der Waals surface area contributed by atoms with E-state index in [9.17, 15) is 9.18 Å². The minimum atomic E-state index is -0.451. The van der Waals surface area contributed by atoms with Crippen LogP contribution in [0.5, 0.6) is 0 Å². The molecule has 2 unspecified atom stereocenters. The molecule has 2 atom stereocenters. The van der Waals surface area contributed by atoms with E-state index in [2.05, 4.69) is 0 Å². The van der Waals surface area contributed by atoms with Crippen LogP contribution in [0, 0.1) is 11.7 Å². The highest BCUT2D eigenvalue weighted by atomic mass is 19.1. The van der Waals surface area contributed by atoms with Gasteiger partial charge in [0.05, 0.1) is 23.6 Å². The van der Waals surface area contributed by atoms with Crippen LogP contribution < -0.4 is 10.3 Å². The third kappa shape index (κ3) is 2.19. The van der Waals surface area contributed by atoms with Gasteiger partial charge in [-0.3, -0.25) is 9.63 Å². The average molecular weight is 352 g/mol. The SMILES string of the molecule is CN1OCC2CN(c3ccccc3)c3oc4ccc(F)cc4c(=O)c3C21. The third-order valence-electron chi connectivity index (χ3n) is 5.22. The number of hydrogen-bond acceptors (Lipinski definition) is 5. The summed E-state index contributed by atoms with van der Waals surface area (Å²) in [4.78, 5) is 21.0. The highest BCUT2D eigenvalue weighted by Gasteiger charge is 2.45. The highest BCUT2D eigenvalue weighted by Crippen LogP contribution is 2.45. The monoisotopic (exact) mass is 352 g/mol. The standard InChI is InChI=1S/C20H17FN2O3/c1-22-18-12(11-25-22)10-23(14-5-3-2-4-6-14)20-17(18)19(24)15-9-13(21)7-8-16(15)26-20/h2-9,12,18H,10-11H2,1H3. The molecule has 1 saturated heterocycles. The molecule has 2 aliphatic rings. The molecule has 6 heteroatoms. The first kappa shape index (κ1) is 15.5. The first-order chi connectivity index (χ1) is 12.6. The van der Waals surface area contributed by atoms with Gasteiger partial charge in [-0.25, -0.2) is 4.39 Å². The van der Waals surface area contributed by atoms with E-state index in [1.54, 1.807) is 5.06 Å². The second-order valence-electron chi connectivity index (χ2n) is 6.78. The summed E-state index contributed by atoms with van der Waals surface area (Å²) in [7, 11) is 1.82. The maximum absolute atomic E-state index is 13.7. The summed E-state index contributed by atoms with van der Waals surface area (Å²) in [5.41, 5.74) is 1.67. The number of benzene rings is 2. The van der Waals surface area contributed by atoms with Crippen molar-refractivity contribution in [3.63, 3.8) is 0 Å². The molecule has 0 bridgehead atoms. The Bertz CT molecular complexity index is 1050. The molecule has 2 aromatic carbocycles. The molecule has 5 nitrogen and oxygen atoms in total. The Kier molecular flexibility index (Phi) is 3.38. The van der Waals surface area contributed by atoms with Crippen LogP contribution in [0.4, 0.5) is 16.0 Å². The van der Waals surface area contributed by atoms with Crippen LogP contribution >= 0.6 is 0 Å². The smallest absolute Gasteiger partial charge is 0.209 e. The number of fused-ring (bicyclic) bond motifs is 4. The van der Waals surface area contributed by atoms with E-state index in [0.29, 0.717) is 30.2 Å². The van der Waals surface area contributed by atoms with Crippen LogP contribution in [0.15, 0.2) is 57.7 Å². The predicted molar refractivity (Wildman–Crippen MR) is 95.8 cm³/mol. The summed E-state index contributed by atoms with van der Waals surface area (Å²) in [5, 5.41) is 1.98. The van der Waals surface area contributed by atoms with Gasteiger partial charge >= 0.3 is 0 Å². The summed E-state index contributed by atoms with van der Waals surface area (Å²) < 4.78 is 19.8. The highest BCUT2D eigenvalue weighted by molar-refractivity contribution is 5.81. The number of para-hydroxylation sites is 1. The van der Waals surface area contributed by atoms with E-state index in [-0.39, 0.29) is 22.8 Å². The fraction of sp³-hybridized carbons (Fsp3) is 0.250. The van der Waals surface area contributed by atoms with Crippen molar-refractivity contribution in [2.45, 2.75) is 6.04 Å². The normalized spacial score (nSPS) is 22.5. The number of hydroxylamine groups is 2. The second kappa shape index (κ2) is 5.65. The molecule has 0 amide bonds. The van der Waals surface area contributed by atoms with Crippen molar-refractivity contribution in [2.75, 3.05) is 25.1 Å². The van der Waals surface area contributed by atoms with Gasteiger partial charge in [-0.1, -0.05) is 18.2 Å². The van der Waals surface area contributed by atoms with Gasteiger partial charge < -0.3 is 9.32 Å². The molecule has 3 heterocycles. The van der Waals surface area contributed by atoms with Gasteiger partial charge in [0.2, 0.25) is 5.88 Å². The lowest BCUT2D eigenvalue weighted by molar-refractivity contribution is -0.110. The summed E-state index contributed by atoms with van der Waals surface area (Å²) in [6.45, 7) is 1.21. The Balaban J connectivity index is 1.82. The maximum atomic E-state index is 13.7. The molecule has 132 valence electrons. The molecule has 0 N–H and O–H groups in total. The van der Waals surface area contributed by atoms with E-state index in [4.69, 9.17) is 9.25 Å². The first-order valence-electron chi connectivity index (χ1n) is 8.58. The topological polar surface area (TPSA) is 45.9 Å². The van der Waals surface area contributed by atoms with E-state index in [1.165, 1.54) is 18.2 Å². The number of rotatable bonds is 1. The van der Waals surface area contributed by atoms with E-state index >= 15 is 0 Å². The van der Waals surface area contributed by atoms with Gasteiger partial charge in [-0.15, -0.1) is 0 Å². The predicted octanol–water partition coefficient (Wildman–Crippen LogP) is 3.62. The fourth-order valence-electron chi connectivity index (χ4n) is 4.03. The number of anilines is 2. The molecule has 2 aliphatic heterocycles. The van der Waals surface area contributed by atoms with Crippen LogP contribution in [0.2, 0.25) is 0 Å². The average Bonchev–Trinajstić information content (AvgIpc) is 3.03. The summed E-state index contributed by atoms with van der Waals surface area (Å²) in [6.07, 6.45) is 0. The maximum Gasteiger partial charge on any atom is 0.209 e. The zero-order chi connectivity index (χ0) is 17.8. The lowest BCUT2D eigenvalue weighted by atomic mass is 9.89. The molecule has 0 radical (unpaired) electrons. The second-order valence-corrected chi connectivity index (χ2v) is 6.78. The molecule has 0 aliphatic carbocycles. The van der Waals surface area contributed by atoms with Gasteiger partial charge in [-0.05, 0) is 30.3 Å². The van der Waals surface area contributed by atoms with Gasteiger partial charge in [0.1, 0.15) is 11.4 Å². The number of nitrogens with zero attached hydrogens (tertiary/aromatic N) is 2. The van der Waals surface area contributed by atoms with Gasteiger partial charge in [-0.2, -0.15) is 5.06 Å². The molecule has 0 spiro atoms. The van der Waals surface area contributed by atoms with E-state index in [0.717, 1.165) is 5.69 Å². The van der Waals surface area contributed by atoms with E-state index < -0.39 is 5.82 Å². The Morgan fingerprint density at radius 2 is 1.96 bits per heavy atom. The van der Waals surface area contributed by atoms with Crippen LogP contribution in [-0.2, 0) is 4.84 Å². The van der Waals surface area contributed by atoms with Gasteiger partial charge in [0.25, 0.3) is 0 Å². The minimum absolute atomic E-state index is 0.126. The largest absolute Gasteiger partial charge is 0.440 e. The van der Waals surface area contributed by atoms with Crippen LogP contribution in [0.1, 0.15) is 11.6 Å². The summed E-state index contributed by atoms with van der Waals surface area (Å²) in [6, 6.07) is 13.7. The van der Waals surface area contributed by atoms with Crippen LogP contribution in [0.25, 0.3) is 11.0 Å². The van der Waals surface area contributed by atoms with Crippen LogP contribution in [0.3, 0.4) is 0 Å². The molecule has 26 heavy (non-hydrogen) atoms. The Labute approximate surface area is 149 Å².